The van der Waals surface area contributed by atoms with Crippen molar-refractivity contribution in [3.05, 3.63) is 167 Å². The van der Waals surface area contributed by atoms with Gasteiger partial charge >= 0.3 is 5.97 Å². The fraction of sp³-hybridized carbons (Fsp3) is 0.205. The molecule has 0 bridgehead atoms. The van der Waals surface area contributed by atoms with Crippen molar-refractivity contribution in [1.82, 2.24) is 0 Å². The van der Waals surface area contributed by atoms with Gasteiger partial charge in [-0.1, -0.05) is 84.9 Å². The van der Waals surface area contributed by atoms with E-state index in [9.17, 15) is 13.6 Å². The van der Waals surface area contributed by atoms with E-state index >= 15 is 0 Å². The van der Waals surface area contributed by atoms with E-state index in [-0.39, 0.29) is 11.6 Å². The molecule has 5 aromatic rings. The molecule has 5 nitrogen and oxygen atoms in total. The van der Waals surface area contributed by atoms with Gasteiger partial charge in [0.05, 0.1) is 31.8 Å². The Labute approximate surface area is 268 Å². The Bertz CT molecular complexity index is 1630. The van der Waals surface area contributed by atoms with Crippen molar-refractivity contribution in [3.8, 4) is 5.75 Å². The molecule has 1 N–H and O–H groups in total. The lowest BCUT2D eigenvalue weighted by molar-refractivity contribution is -0.146. The molecule has 0 fully saturated rings. The summed E-state index contributed by atoms with van der Waals surface area (Å²) in [6.45, 7) is 0.781. The Morgan fingerprint density at radius 1 is 0.652 bits per heavy atom. The van der Waals surface area contributed by atoms with Crippen molar-refractivity contribution in [2.24, 2.45) is 5.92 Å². The quantitative estimate of drug-likeness (QED) is 0.118. The van der Waals surface area contributed by atoms with Crippen molar-refractivity contribution in [1.29, 1.82) is 0 Å². The first-order valence-corrected chi connectivity index (χ1v) is 15.3. The predicted octanol–water partition coefficient (Wildman–Crippen LogP) is 9.22. The molecule has 0 aliphatic rings. The van der Waals surface area contributed by atoms with Gasteiger partial charge in [-0.2, -0.15) is 0 Å². The minimum absolute atomic E-state index is 0.335. The van der Waals surface area contributed by atoms with Crippen molar-refractivity contribution >= 4 is 11.7 Å². The van der Waals surface area contributed by atoms with Gasteiger partial charge in [-0.25, -0.2) is 8.78 Å². The minimum atomic E-state index is -0.644. The summed E-state index contributed by atoms with van der Waals surface area (Å²) in [5.41, 5.74) is 4.35. The molecule has 3 unspecified atom stereocenters. The summed E-state index contributed by atoms with van der Waals surface area (Å²) in [4.78, 5) is 13.4. The summed E-state index contributed by atoms with van der Waals surface area (Å²) in [5.74, 6) is -1.05. The van der Waals surface area contributed by atoms with Gasteiger partial charge < -0.3 is 19.5 Å². The lowest BCUT2D eigenvalue weighted by atomic mass is 9.87. The predicted molar refractivity (Wildman–Crippen MR) is 175 cm³/mol. The average Bonchev–Trinajstić information content (AvgIpc) is 3.10. The van der Waals surface area contributed by atoms with Crippen LogP contribution in [0.2, 0.25) is 0 Å². The van der Waals surface area contributed by atoms with Crippen LogP contribution in [0.3, 0.4) is 0 Å². The van der Waals surface area contributed by atoms with Gasteiger partial charge in [-0.3, -0.25) is 4.79 Å². The second-order valence-electron chi connectivity index (χ2n) is 11.0. The largest absolute Gasteiger partial charge is 0.489 e. The lowest BCUT2D eigenvalue weighted by Crippen LogP contribution is -2.29. The third-order valence-corrected chi connectivity index (χ3v) is 7.84. The maximum atomic E-state index is 13.8. The van der Waals surface area contributed by atoms with Gasteiger partial charge in [0.2, 0.25) is 0 Å². The summed E-state index contributed by atoms with van der Waals surface area (Å²) < 4.78 is 45.2. The number of anilines is 1. The molecule has 0 saturated carbocycles. The van der Waals surface area contributed by atoms with Crippen LogP contribution in [0.4, 0.5) is 14.5 Å². The highest BCUT2D eigenvalue weighted by atomic mass is 19.1. The van der Waals surface area contributed by atoms with Gasteiger partial charge in [0, 0.05) is 5.69 Å². The van der Waals surface area contributed by atoms with Gasteiger partial charge in [-0.05, 0) is 83.6 Å². The number of nitrogens with one attached hydrogen (secondary N) is 1. The number of ether oxygens (including phenoxy) is 3. The molecule has 0 saturated heterocycles. The summed E-state index contributed by atoms with van der Waals surface area (Å²) >= 11 is 0. The third kappa shape index (κ3) is 9.25. The minimum Gasteiger partial charge on any atom is -0.489 e. The number of rotatable bonds is 15. The summed E-state index contributed by atoms with van der Waals surface area (Å²) in [7, 11) is 1.37. The van der Waals surface area contributed by atoms with Crippen LogP contribution in [0.15, 0.2) is 133 Å². The number of carbonyl (C=O) groups is 1. The van der Waals surface area contributed by atoms with Crippen LogP contribution in [0, 0.1) is 17.6 Å². The van der Waals surface area contributed by atoms with E-state index in [0.29, 0.717) is 37.5 Å². The molecule has 0 radical (unpaired) electrons. The smallest absolute Gasteiger partial charge is 0.311 e. The zero-order valence-corrected chi connectivity index (χ0v) is 25.7. The molecule has 0 amide bonds. The fourth-order valence-corrected chi connectivity index (χ4v) is 5.35. The Hall–Kier alpha value is -5.01. The molecule has 3 atom stereocenters. The Kier molecular flexibility index (Phi) is 11.5. The van der Waals surface area contributed by atoms with Gasteiger partial charge in [-0.15, -0.1) is 0 Å². The normalized spacial score (nSPS) is 12.9. The maximum Gasteiger partial charge on any atom is 0.311 e. The molecule has 0 aliphatic heterocycles. The van der Waals surface area contributed by atoms with Crippen LogP contribution in [0.5, 0.6) is 5.75 Å². The highest BCUT2D eigenvalue weighted by Gasteiger charge is 2.32. The zero-order valence-electron chi connectivity index (χ0n) is 25.7. The second kappa shape index (κ2) is 16.3. The Morgan fingerprint density at radius 3 is 1.78 bits per heavy atom. The van der Waals surface area contributed by atoms with Crippen molar-refractivity contribution in [2.45, 2.75) is 38.2 Å². The fourth-order valence-electron chi connectivity index (χ4n) is 5.35. The average molecular weight is 622 g/mol. The Balaban J connectivity index is 1.39. The number of hydrogen-bond donors (Lipinski definition) is 1. The number of esters is 1. The molecule has 0 aromatic heterocycles. The first-order valence-electron chi connectivity index (χ1n) is 15.3. The number of methoxy groups -OCH3 is 1. The summed E-state index contributed by atoms with van der Waals surface area (Å²) in [6, 6.07) is 39.0. The highest BCUT2D eigenvalue weighted by Crippen LogP contribution is 2.35. The molecule has 236 valence electrons. The van der Waals surface area contributed by atoms with Crippen molar-refractivity contribution in [2.75, 3.05) is 12.4 Å². The number of hydrogen-bond acceptors (Lipinski definition) is 5. The SMILES string of the molecule is COC(=O)C(CCC(OCc1ccccc1)c1ccc(F)cc1)C(Nc1ccc(F)cc1)c1ccc(OCc2ccccc2)cc1. The van der Waals surface area contributed by atoms with Crippen LogP contribution in [0.25, 0.3) is 0 Å². The zero-order chi connectivity index (χ0) is 32.1. The topological polar surface area (TPSA) is 56.8 Å². The number of benzene rings is 5. The Morgan fingerprint density at radius 2 is 1.20 bits per heavy atom. The first-order chi connectivity index (χ1) is 22.5. The van der Waals surface area contributed by atoms with E-state index in [1.165, 1.54) is 31.4 Å². The van der Waals surface area contributed by atoms with E-state index in [0.717, 1.165) is 22.3 Å². The molecular formula is C39H37F2NO4. The van der Waals surface area contributed by atoms with Crippen molar-refractivity contribution < 1.29 is 27.8 Å². The van der Waals surface area contributed by atoms with Gasteiger partial charge in [0.25, 0.3) is 0 Å². The van der Waals surface area contributed by atoms with Crippen LogP contribution in [-0.2, 0) is 27.5 Å². The molecule has 0 aliphatic carbocycles. The third-order valence-electron chi connectivity index (χ3n) is 7.84. The van der Waals surface area contributed by atoms with Gasteiger partial charge in [0.15, 0.2) is 0 Å². The molecule has 0 heterocycles. The molecule has 46 heavy (non-hydrogen) atoms. The van der Waals surface area contributed by atoms with Crippen LogP contribution >= 0.6 is 0 Å². The van der Waals surface area contributed by atoms with Crippen molar-refractivity contribution in [3.63, 3.8) is 0 Å². The number of carbonyl (C=O) groups excluding carboxylic acids is 1. The second-order valence-corrected chi connectivity index (χ2v) is 11.0. The van der Waals surface area contributed by atoms with Gasteiger partial charge in [0.1, 0.15) is 24.0 Å². The summed E-state index contributed by atoms with van der Waals surface area (Å²) in [5, 5.41) is 3.45. The highest BCUT2D eigenvalue weighted by molar-refractivity contribution is 5.74. The van der Waals surface area contributed by atoms with E-state index < -0.39 is 24.0 Å². The van der Waals surface area contributed by atoms with Crippen LogP contribution in [0.1, 0.15) is 47.2 Å². The van der Waals surface area contributed by atoms with Crippen LogP contribution in [-0.4, -0.2) is 13.1 Å². The maximum absolute atomic E-state index is 13.8. The molecule has 5 aromatic carbocycles. The molecule has 7 heteroatoms. The van der Waals surface area contributed by atoms with E-state index in [4.69, 9.17) is 14.2 Å². The number of halogens is 2. The van der Waals surface area contributed by atoms with Crippen LogP contribution < -0.4 is 10.1 Å². The first kappa shape index (κ1) is 32.4. The van der Waals surface area contributed by atoms with E-state index in [1.54, 1.807) is 24.3 Å². The molecule has 0 spiro atoms. The summed E-state index contributed by atoms with van der Waals surface area (Å²) in [6.07, 6.45) is 0.431. The molecule has 5 rings (SSSR count). The monoisotopic (exact) mass is 621 g/mol. The molecular weight excluding hydrogens is 584 g/mol. The standard InChI is InChI=1S/C39H37F2NO4/c1-44-39(43)36(24-25-37(30-12-16-32(40)17-13-30)46-27-29-10-6-3-7-11-29)38(42-34-20-18-33(41)19-21-34)31-14-22-35(23-15-31)45-26-28-8-4-2-5-9-28/h2-23,36-38,42H,24-27H2,1H3. The lowest BCUT2D eigenvalue weighted by Gasteiger charge is -2.29. The van der Waals surface area contributed by atoms with E-state index in [2.05, 4.69) is 5.32 Å². The van der Waals surface area contributed by atoms with E-state index in [1.807, 2.05) is 84.9 Å².